The summed E-state index contributed by atoms with van der Waals surface area (Å²) < 4.78 is 0. The van der Waals surface area contributed by atoms with Crippen molar-refractivity contribution in [1.29, 1.82) is 0 Å². The van der Waals surface area contributed by atoms with Gasteiger partial charge in [0.25, 0.3) is 0 Å². The van der Waals surface area contributed by atoms with Crippen molar-refractivity contribution in [3.8, 4) is 0 Å². The van der Waals surface area contributed by atoms with E-state index in [4.69, 9.17) is 5.11 Å². The van der Waals surface area contributed by atoms with Gasteiger partial charge in [-0.2, -0.15) is 0 Å². The number of hydrogen-bond acceptors (Lipinski definition) is 2. The van der Waals surface area contributed by atoms with E-state index in [0.29, 0.717) is 12.5 Å². The molecule has 1 saturated heterocycles. The molecule has 0 spiro atoms. The van der Waals surface area contributed by atoms with Crippen LogP contribution in [0.15, 0.2) is 0 Å². The first-order valence-electron chi connectivity index (χ1n) is 6.21. The molecular formula is C12H21NO2. The number of carboxylic acid groups (broad SMARTS) is 1. The molecule has 1 aliphatic heterocycles. The van der Waals surface area contributed by atoms with Crippen LogP contribution in [0.5, 0.6) is 0 Å². The molecule has 2 rings (SSSR count). The molecule has 2 aliphatic rings. The van der Waals surface area contributed by atoms with Crippen molar-refractivity contribution in [1.82, 2.24) is 5.32 Å². The average Bonchev–Trinajstić information content (AvgIpc) is 2.71. The van der Waals surface area contributed by atoms with Crippen LogP contribution in [-0.2, 0) is 4.79 Å². The van der Waals surface area contributed by atoms with Gasteiger partial charge in [-0.15, -0.1) is 0 Å². The molecule has 86 valence electrons. The van der Waals surface area contributed by atoms with Crippen LogP contribution in [0.2, 0.25) is 0 Å². The van der Waals surface area contributed by atoms with Crippen LogP contribution < -0.4 is 5.32 Å². The molecule has 2 unspecified atom stereocenters. The van der Waals surface area contributed by atoms with Crippen LogP contribution >= 0.6 is 0 Å². The van der Waals surface area contributed by atoms with E-state index in [-0.39, 0.29) is 5.92 Å². The van der Waals surface area contributed by atoms with Crippen molar-refractivity contribution in [2.75, 3.05) is 13.1 Å². The summed E-state index contributed by atoms with van der Waals surface area (Å²) in [6.07, 6.45) is 7.57. The maximum Gasteiger partial charge on any atom is 0.308 e. The molecule has 2 N–H and O–H groups in total. The standard InChI is InChI=1S/C12H21NO2/c14-12(15)11-8-13-6-5-10(11)7-9-3-1-2-4-9/h9-11,13H,1-8H2,(H,14,15). The molecule has 0 aromatic carbocycles. The first-order chi connectivity index (χ1) is 7.27. The van der Waals surface area contributed by atoms with Crippen LogP contribution in [0.4, 0.5) is 0 Å². The second kappa shape index (κ2) is 4.97. The zero-order valence-corrected chi connectivity index (χ0v) is 9.24. The van der Waals surface area contributed by atoms with E-state index >= 15 is 0 Å². The van der Waals surface area contributed by atoms with E-state index < -0.39 is 5.97 Å². The second-order valence-corrected chi connectivity index (χ2v) is 5.08. The third kappa shape index (κ3) is 2.71. The Hall–Kier alpha value is -0.570. The minimum absolute atomic E-state index is 0.139. The Morgan fingerprint density at radius 3 is 2.67 bits per heavy atom. The molecule has 1 saturated carbocycles. The SMILES string of the molecule is O=C(O)C1CNCCC1CC1CCCC1. The molecule has 2 fully saturated rings. The Morgan fingerprint density at radius 1 is 1.27 bits per heavy atom. The summed E-state index contributed by atoms with van der Waals surface area (Å²) in [6, 6.07) is 0. The summed E-state index contributed by atoms with van der Waals surface area (Å²) >= 11 is 0. The van der Waals surface area contributed by atoms with E-state index in [1.807, 2.05) is 0 Å². The first kappa shape index (κ1) is 10.9. The summed E-state index contributed by atoms with van der Waals surface area (Å²) in [5, 5.41) is 12.3. The van der Waals surface area contributed by atoms with Gasteiger partial charge in [0.1, 0.15) is 0 Å². The minimum Gasteiger partial charge on any atom is -0.481 e. The summed E-state index contributed by atoms with van der Waals surface area (Å²) in [7, 11) is 0. The Morgan fingerprint density at radius 2 is 2.00 bits per heavy atom. The summed E-state index contributed by atoms with van der Waals surface area (Å²) in [6.45, 7) is 1.67. The van der Waals surface area contributed by atoms with Crippen LogP contribution in [0.25, 0.3) is 0 Å². The Bertz CT molecular complexity index is 224. The number of nitrogens with one attached hydrogen (secondary N) is 1. The monoisotopic (exact) mass is 211 g/mol. The summed E-state index contributed by atoms with van der Waals surface area (Å²) in [5.41, 5.74) is 0. The molecule has 15 heavy (non-hydrogen) atoms. The van der Waals surface area contributed by atoms with E-state index in [9.17, 15) is 4.79 Å². The lowest BCUT2D eigenvalue weighted by Gasteiger charge is -2.31. The van der Waals surface area contributed by atoms with Crippen LogP contribution in [0, 0.1) is 17.8 Å². The van der Waals surface area contributed by atoms with Gasteiger partial charge in [-0.25, -0.2) is 0 Å². The normalized spacial score (nSPS) is 33.1. The molecule has 3 heteroatoms. The van der Waals surface area contributed by atoms with Gasteiger partial charge in [0.05, 0.1) is 5.92 Å². The van der Waals surface area contributed by atoms with Crippen molar-refractivity contribution in [2.45, 2.75) is 38.5 Å². The van der Waals surface area contributed by atoms with Gasteiger partial charge in [-0.1, -0.05) is 25.7 Å². The van der Waals surface area contributed by atoms with Gasteiger partial charge >= 0.3 is 5.97 Å². The van der Waals surface area contributed by atoms with Crippen LogP contribution in [-0.4, -0.2) is 24.2 Å². The molecule has 0 radical (unpaired) electrons. The zero-order chi connectivity index (χ0) is 10.7. The van der Waals surface area contributed by atoms with Gasteiger partial charge in [-0.3, -0.25) is 4.79 Å². The quantitative estimate of drug-likeness (QED) is 0.749. The molecule has 0 bridgehead atoms. The summed E-state index contributed by atoms with van der Waals surface area (Å²) in [4.78, 5) is 11.1. The van der Waals surface area contributed by atoms with Gasteiger partial charge < -0.3 is 10.4 Å². The largest absolute Gasteiger partial charge is 0.481 e. The lowest BCUT2D eigenvalue weighted by Crippen LogP contribution is -2.41. The number of aliphatic carboxylic acids is 1. The average molecular weight is 211 g/mol. The second-order valence-electron chi connectivity index (χ2n) is 5.08. The van der Waals surface area contributed by atoms with E-state index in [0.717, 1.165) is 25.3 Å². The third-order valence-corrected chi connectivity index (χ3v) is 4.05. The molecule has 2 atom stereocenters. The van der Waals surface area contributed by atoms with Crippen molar-refractivity contribution >= 4 is 5.97 Å². The van der Waals surface area contributed by atoms with E-state index in [2.05, 4.69) is 5.32 Å². The number of carboxylic acids is 1. The molecule has 1 aliphatic carbocycles. The van der Waals surface area contributed by atoms with Crippen molar-refractivity contribution < 1.29 is 9.90 Å². The topological polar surface area (TPSA) is 49.3 Å². The molecular weight excluding hydrogens is 190 g/mol. The zero-order valence-electron chi connectivity index (χ0n) is 9.24. The molecule has 1 heterocycles. The Kier molecular flexibility index (Phi) is 3.62. The van der Waals surface area contributed by atoms with E-state index in [1.165, 1.54) is 25.7 Å². The van der Waals surface area contributed by atoms with Gasteiger partial charge in [0.2, 0.25) is 0 Å². The third-order valence-electron chi connectivity index (χ3n) is 4.05. The number of carbonyl (C=O) groups is 1. The highest BCUT2D eigenvalue weighted by molar-refractivity contribution is 5.70. The summed E-state index contributed by atoms with van der Waals surface area (Å²) in [5.74, 6) is 0.492. The predicted octanol–water partition coefficient (Wildman–Crippen LogP) is 1.88. The fourth-order valence-corrected chi connectivity index (χ4v) is 3.16. The number of hydrogen-bond donors (Lipinski definition) is 2. The van der Waals surface area contributed by atoms with Crippen LogP contribution in [0.3, 0.4) is 0 Å². The maximum atomic E-state index is 11.1. The lowest BCUT2D eigenvalue weighted by atomic mass is 9.79. The highest BCUT2D eigenvalue weighted by Gasteiger charge is 2.32. The minimum atomic E-state index is -0.606. The Balaban J connectivity index is 1.89. The molecule has 3 nitrogen and oxygen atoms in total. The van der Waals surface area contributed by atoms with Gasteiger partial charge in [0, 0.05) is 6.54 Å². The fraction of sp³-hybridized carbons (Fsp3) is 0.917. The van der Waals surface area contributed by atoms with Crippen LogP contribution in [0.1, 0.15) is 38.5 Å². The Labute approximate surface area is 91.2 Å². The first-order valence-corrected chi connectivity index (χ1v) is 6.21. The maximum absolute atomic E-state index is 11.1. The molecule has 0 amide bonds. The molecule has 0 aromatic heterocycles. The number of piperidine rings is 1. The lowest BCUT2D eigenvalue weighted by molar-refractivity contribution is -0.144. The molecule has 0 aromatic rings. The highest BCUT2D eigenvalue weighted by Crippen LogP contribution is 2.34. The predicted molar refractivity (Wildman–Crippen MR) is 58.7 cm³/mol. The van der Waals surface area contributed by atoms with E-state index in [1.54, 1.807) is 0 Å². The van der Waals surface area contributed by atoms with Crippen molar-refractivity contribution in [3.05, 3.63) is 0 Å². The van der Waals surface area contributed by atoms with Gasteiger partial charge in [-0.05, 0) is 31.2 Å². The van der Waals surface area contributed by atoms with Crippen molar-refractivity contribution in [2.24, 2.45) is 17.8 Å². The number of rotatable bonds is 3. The highest BCUT2D eigenvalue weighted by atomic mass is 16.4. The van der Waals surface area contributed by atoms with Crippen molar-refractivity contribution in [3.63, 3.8) is 0 Å². The van der Waals surface area contributed by atoms with Gasteiger partial charge in [0.15, 0.2) is 0 Å². The smallest absolute Gasteiger partial charge is 0.308 e. The fourth-order valence-electron chi connectivity index (χ4n) is 3.16.